The lowest BCUT2D eigenvalue weighted by Gasteiger charge is -2.00. The molecule has 0 aliphatic heterocycles. The minimum atomic E-state index is -0.987. The first-order chi connectivity index (χ1) is 8.04. The maximum atomic E-state index is 10.9. The Kier molecular flexibility index (Phi) is 3.10. The van der Waals surface area contributed by atoms with Gasteiger partial charge in [-0.3, -0.25) is 0 Å². The van der Waals surface area contributed by atoms with Crippen LogP contribution in [0.15, 0.2) is 26.8 Å². The molecule has 2 aromatic rings. The first kappa shape index (κ1) is 11.6. The molecule has 0 unspecified atom stereocenters. The van der Waals surface area contributed by atoms with Crippen LogP contribution in [0.3, 0.4) is 0 Å². The number of carboxylic acid groups (broad SMARTS) is 1. The van der Waals surface area contributed by atoms with E-state index >= 15 is 0 Å². The molecule has 6 nitrogen and oxygen atoms in total. The molecule has 2 aromatic heterocycles. The molecule has 0 spiro atoms. The molecule has 0 radical (unpaired) electrons. The Labute approximate surface area is 101 Å². The highest BCUT2D eigenvalue weighted by molar-refractivity contribution is 7.99. The summed E-state index contributed by atoms with van der Waals surface area (Å²) in [5, 5.41) is 17.3. The second-order valence-electron chi connectivity index (χ2n) is 3.33. The predicted octanol–water partition coefficient (Wildman–Crippen LogP) is 1.93. The van der Waals surface area contributed by atoms with Crippen molar-refractivity contribution in [3.63, 3.8) is 0 Å². The van der Waals surface area contributed by atoms with Crippen LogP contribution in [0.2, 0.25) is 0 Å². The molecule has 0 aliphatic carbocycles. The van der Waals surface area contributed by atoms with Gasteiger partial charge >= 0.3 is 5.97 Å². The molecule has 0 saturated heterocycles. The predicted molar refractivity (Wildman–Crippen MR) is 59.1 cm³/mol. The van der Waals surface area contributed by atoms with Gasteiger partial charge in [0.1, 0.15) is 5.03 Å². The number of rotatable bonds is 3. The Balaban J connectivity index is 2.29. The third-order valence-electron chi connectivity index (χ3n) is 1.88. The van der Waals surface area contributed by atoms with Gasteiger partial charge in [-0.25, -0.2) is 9.78 Å². The topological polar surface area (TPSA) is 89.1 Å². The van der Waals surface area contributed by atoms with Crippen molar-refractivity contribution in [1.82, 2.24) is 15.2 Å². The normalized spacial score (nSPS) is 10.5. The minimum Gasteiger partial charge on any atom is -0.478 e. The average Bonchev–Trinajstić information content (AvgIpc) is 2.63. The second-order valence-corrected chi connectivity index (χ2v) is 4.30. The highest BCUT2D eigenvalue weighted by atomic mass is 32.2. The van der Waals surface area contributed by atoms with E-state index in [-0.39, 0.29) is 5.56 Å². The summed E-state index contributed by atoms with van der Waals surface area (Å²) in [7, 11) is 0. The Bertz CT molecular complexity index is 568. The fourth-order valence-corrected chi connectivity index (χ4v) is 2.02. The smallest absolute Gasteiger partial charge is 0.335 e. The summed E-state index contributed by atoms with van der Waals surface area (Å²) in [5.41, 5.74) is 0.819. The monoisotopic (exact) mass is 251 g/mol. The first-order valence-corrected chi connectivity index (χ1v) is 5.56. The Morgan fingerprint density at radius 3 is 2.71 bits per heavy atom. The van der Waals surface area contributed by atoms with Crippen LogP contribution in [0, 0.1) is 13.8 Å². The molecule has 7 heteroatoms. The van der Waals surface area contributed by atoms with Gasteiger partial charge in [-0.1, -0.05) is 0 Å². The summed E-state index contributed by atoms with van der Waals surface area (Å²) in [6.07, 6.45) is 0. The van der Waals surface area contributed by atoms with E-state index in [9.17, 15) is 4.79 Å². The number of hydrogen-bond acceptors (Lipinski definition) is 6. The fourth-order valence-electron chi connectivity index (χ4n) is 1.22. The SMILES string of the molecule is Cc1cc(C(=O)O)cc(Sc2nnc(C)o2)n1. The van der Waals surface area contributed by atoms with Crippen molar-refractivity contribution in [2.24, 2.45) is 0 Å². The summed E-state index contributed by atoms with van der Waals surface area (Å²) >= 11 is 1.14. The van der Waals surface area contributed by atoms with Gasteiger partial charge in [0, 0.05) is 12.6 Å². The van der Waals surface area contributed by atoms with Crippen LogP contribution in [-0.4, -0.2) is 26.3 Å². The van der Waals surface area contributed by atoms with Crippen molar-refractivity contribution in [1.29, 1.82) is 0 Å². The zero-order valence-electron chi connectivity index (χ0n) is 9.17. The van der Waals surface area contributed by atoms with E-state index in [0.717, 1.165) is 11.8 Å². The van der Waals surface area contributed by atoms with Gasteiger partial charge in [-0.15, -0.1) is 10.2 Å². The molecule has 88 valence electrons. The van der Waals surface area contributed by atoms with Gasteiger partial charge in [0.15, 0.2) is 0 Å². The summed E-state index contributed by atoms with van der Waals surface area (Å²) < 4.78 is 5.18. The molecule has 1 N–H and O–H groups in total. The molecule has 0 aromatic carbocycles. The fraction of sp³-hybridized carbons (Fsp3) is 0.200. The number of carboxylic acids is 1. The minimum absolute atomic E-state index is 0.191. The van der Waals surface area contributed by atoms with Crippen LogP contribution in [0.5, 0.6) is 0 Å². The molecule has 0 fully saturated rings. The van der Waals surface area contributed by atoms with Gasteiger partial charge in [-0.2, -0.15) is 0 Å². The van der Waals surface area contributed by atoms with Crippen molar-refractivity contribution in [3.8, 4) is 0 Å². The van der Waals surface area contributed by atoms with E-state index in [2.05, 4.69) is 15.2 Å². The van der Waals surface area contributed by atoms with E-state index in [0.29, 0.717) is 21.8 Å². The number of hydrogen-bond donors (Lipinski definition) is 1. The number of pyridine rings is 1. The molecule has 0 aliphatic rings. The number of aromatic carboxylic acids is 1. The van der Waals surface area contributed by atoms with Crippen LogP contribution in [0.4, 0.5) is 0 Å². The van der Waals surface area contributed by atoms with Gasteiger partial charge in [0.25, 0.3) is 5.22 Å². The summed E-state index contributed by atoms with van der Waals surface area (Å²) in [6, 6.07) is 2.98. The van der Waals surface area contributed by atoms with Crippen LogP contribution in [0.1, 0.15) is 21.9 Å². The molecular weight excluding hydrogens is 242 g/mol. The van der Waals surface area contributed by atoms with Crippen molar-refractivity contribution >= 4 is 17.7 Å². The standard InChI is InChI=1S/C10H9N3O3S/c1-5-3-7(9(14)15)4-8(11-5)17-10-13-12-6(2)16-10/h3-4H,1-2H3,(H,14,15). The quantitative estimate of drug-likeness (QED) is 0.891. The van der Waals surface area contributed by atoms with Gasteiger partial charge in [0.05, 0.1) is 5.56 Å². The van der Waals surface area contributed by atoms with Crippen LogP contribution in [0.25, 0.3) is 0 Å². The molecular formula is C10H9N3O3S. The summed E-state index contributed by atoms with van der Waals surface area (Å²) in [6.45, 7) is 3.42. The zero-order chi connectivity index (χ0) is 12.4. The Hall–Kier alpha value is -1.89. The van der Waals surface area contributed by atoms with E-state index in [1.54, 1.807) is 13.8 Å². The maximum absolute atomic E-state index is 10.9. The van der Waals surface area contributed by atoms with E-state index < -0.39 is 5.97 Å². The largest absolute Gasteiger partial charge is 0.478 e. The zero-order valence-corrected chi connectivity index (χ0v) is 9.98. The number of carbonyl (C=O) groups is 1. The lowest BCUT2D eigenvalue weighted by Crippen LogP contribution is -1.99. The lowest BCUT2D eigenvalue weighted by atomic mass is 10.2. The van der Waals surface area contributed by atoms with Crippen molar-refractivity contribution in [2.45, 2.75) is 24.1 Å². The van der Waals surface area contributed by atoms with Crippen LogP contribution < -0.4 is 0 Å². The van der Waals surface area contributed by atoms with Crippen molar-refractivity contribution in [2.75, 3.05) is 0 Å². The molecule has 17 heavy (non-hydrogen) atoms. The number of aryl methyl sites for hydroxylation is 2. The van der Waals surface area contributed by atoms with Gasteiger partial charge in [0.2, 0.25) is 5.89 Å². The molecule has 2 rings (SSSR count). The summed E-state index contributed by atoms with van der Waals surface area (Å²) in [4.78, 5) is 15.1. The summed E-state index contributed by atoms with van der Waals surface area (Å²) in [5.74, 6) is -0.530. The molecule has 2 heterocycles. The molecule has 0 amide bonds. The van der Waals surface area contributed by atoms with Gasteiger partial charge < -0.3 is 9.52 Å². The third kappa shape index (κ3) is 2.82. The van der Waals surface area contributed by atoms with Crippen LogP contribution in [-0.2, 0) is 0 Å². The number of aromatic nitrogens is 3. The van der Waals surface area contributed by atoms with Crippen LogP contribution >= 0.6 is 11.8 Å². The van der Waals surface area contributed by atoms with E-state index in [4.69, 9.17) is 9.52 Å². The number of nitrogens with zero attached hydrogens (tertiary/aromatic N) is 3. The first-order valence-electron chi connectivity index (χ1n) is 4.74. The highest BCUT2D eigenvalue weighted by Crippen LogP contribution is 2.25. The van der Waals surface area contributed by atoms with Crippen molar-refractivity contribution < 1.29 is 14.3 Å². The van der Waals surface area contributed by atoms with Crippen molar-refractivity contribution in [3.05, 3.63) is 29.3 Å². The molecule has 0 saturated carbocycles. The molecule has 0 atom stereocenters. The Morgan fingerprint density at radius 2 is 2.12 bits per heavy atom. The average molecular weight is 251 g/mol. The lowest BCUT2D eigenvalue weighted by molar-refractivity contribution is 0.0696. The van der Waals surface area contributed by atoms with E-state index in [1.165, 1.54) is 12.1 Å². The van der Waals surface area contributed by atoms with E-state index in [1.807, 2.05) is 0 Å². The highest BCUT2D eigenvalue weighted by Gasteiger charge is 2.10. The maximum Gasteiger partial charge on any atom is 0.335 e. The second kappa shape index (κ2) is 4.54. The van der Waals surface area contributed by atoms with Gasteiger partial charge in [-0.05, 0) is 30.8 Å². The molecule has 0 bridgehead atoms. The Morgan fingerprint density at radius 1 is 1.35 bits per heavy atom. The third-order valence-corrected chi connectivity index (χ3v) is 2.63.